The largest absolute Gasteiger partial charge is 0.496 e. The van der Waals surface area contributed by atoms with E-state index in [0.29, 0.717) is 11.3 Å². The number of carbonyl (C=O) groups excluding carboxylic acids is 2. The highest BCUT2D eigenvalue weighted by atomic mass is 32.2. The first kappa shape index (κ1) is 33.7. The zero-order valence-electron chi connectivity index (χ0n) is 26.1. The Bertz CT molecular complexity index is 1920. The maximum atomic E-state index is 13.9. The molecule has 11 heteroatoms. The molecule has 2 N–H and O–H groups in total. The summed E-state index contributed by atoms with van der Waals surface area (Å²) >= 11 is 0. The fraction of sp³-hybridized carbons (Fsp3) is 0.135. The number of carbonyl (C=O) groups is 2. The summed E-state index contributed by atoms with van der Waals surface area (Å²) in [5.74, 6) is -0.459. The number of sulfonamides is 1. The number of hydrogen-bond donors (Lipinski definition) is 2. The van der Waals surface area contributed by atoms with E-state index in [0.717, 1.165) is 23.3 Å². The third kappa shape index (κ3) is 8.77. The van der Waals surface area contributed by atoms with Crippen LogP contribution in [0.25, 0.3) is 0 Å². The molecule has 0 saturated heterocycles. The Morgan fingerprint density at radius 1 is 0.792 bits per heavy atom. The van der Waals surface area contributed by atoms with Crippen molar-refractivity contribution in [1.82, 2.24) is 10.2 Å². The van der Waals surface area contributed by atoms with Gasteiger partial charge >= 0.3 is 0 Å². The van der Waals surface area contributed by atoms with Crippen LogP contribution in [0.5, 0.6) is 11.5 Å². The third-order valence-corrected chi connectivity index (χ3v) is 8.83. The fourth-order valence-electron chi connectivity index (χ4n) is 5.01. The third-order valence-electron chi connectivity index (χ3n) is 7.43. The molecule has 48 heavy (non-hydrogen) atoms. The maximum Gasteiger partial charge on any atom is 0.261 e. The van der Waals surface area contributed by atoms with Crippen LogP contribution >= 0.6 is 0 Å². The average molecular weight is 668 g/mol. The van der Waals surface area contributed by atoms with Gasteiger partial charge in [-0.05, 0) is 65.7 Å². The second-order valence-electron chi connectivity index (χ2n) is 10.7. The number of hydrogen-bond acceptors (Lipinski definition) is 6. The molecule has 5 aromatic rings. The summed E-state index contributed by atoms with van der Waals surface area (Å²) in [4.78, 5) is 29.3. The van der Waals surface area contributed by atoms with E-state index in [-0.39, 0.29) is 35.3 Å². The predicted molar refractivity (Wildman–Crippen MR) is 180 cm³/mol. The molecule has 0 saturated carbocycles. The molecule has 9 nitrogen and oxygen atoms in total. The molecule has 0 fully saturated rings. The van der Waals surface area contributed by atoms with Gasteiger partial charge in [-0.2, -0.15) is 0 Å². The van der Waals surface area contributed by atoms with Crippen molar-refractivity contribution in [2.24, 2.45) is 0 Å². The number of halogens is 1. The molecule has 246 valence electrons. The Kier molecular flexibility index (Phi) is 11.0. The molecule has 0 aromatic heterocycles. The van der Waals surface area contributed by atoms with Crippen LogP contribution in [0, 0.1) is 5.82 Å². The maximum absolute atomic E-state index is 13.9. The van der Waals surface area contributed by atoms with Crippen LogP contribution in [0.3, 0.4) is 0 Å². The van der Waals surface area contributed by atoms with Gasteiger partial charge in [-0.1, -0.05) is 78.9 Å². The molecule has 0 aliphatic heterocycles. The minimum Gasteiger partial charge on any atom is -0.496 e. The summed E-state index contributed by atoms with van der Waals surface area (Å²) in [6.45, 7) is -0.117. The van der Waals surface area contributed by atoms with Gasteiger partial charge in [0.05, 0.1) is 12.0 Å². The van der Waals surface area contributed by atoms with Gasteiger partial charge in [-0.25, -0.2) is 12.8 Å². The van der Waals surface area contributed by atoms with E-state index in [1.54, 1.807) is 31.4 Å². The standard InChI is InChI=1S/C37H34FN3O6S/c1-46-34-15-9-8-14-29(34)24-39-37(43)36(28-12-6-3-7-13-28)41(25-27-10-4-2-5-11-27)35(42)26-47-32-20-22-33(23-21-32)48(44,45)40-31-18-16-30(38)17-19-31/h2-23,36,40H,24-26H2,1H3,(H,39,43). The van der Waals surface area contributed by atoms with E-state index in [4.69, 9.17) is 9.47 Å². The van der Waals surface area contributed by atoms with Gasteiger partial charge in [-0.15, -0.1) is 0 Å². The van der Waals surface area contributed by atoms with Gasteiger partial charge in [-0.3, -0.25) is 14.3 Å². The molecule has 2 amide bonds. The second kappa shape index (κ2) is 15.7. The number of ether oxygens (including phenoxy) is 2. The summed E-state index contributed by atoms with van der Waals surface area (Å²) in [7, 11) is -2.40. The molecule has 1 unspecified atom stereocenters. The van der Waals surface area contributed by atoms with E-state index in [9.17, 15) is 22.4 Å². The molecule has 5 aromatic carbocycles. The van der Waals surface area contributed by atoms with E-state index in [1.165, 1.54) is 41.3 Å². The summed E-state index contributed by atoms with van der Waals surface area (Å²) in [6.07, 6.45) is 0. The van der Waals surface area contributed by atoms with Crippen LogP contribution in [0.15, 0.2) is 138 Å². The Labute approximate surface area is 279 Å². The van der Waals surface area contributed by atoms with Crippen LogP contribution in [-0.4, -0.2) is 38.8 Å². The number of methoxy groups -OCH3 is 1. The Morgan fingerprint density at radius 3 is 2.08 bits per heavy atom. The second-order valence-corrected chi connectivity index (χ2v) is 12.4. The molecule has 1 atom stereocenters. The first-order valence-electron chi connectivity index (χ1n) is 15.0. The van der Waals surface area contributed by atoms with Crippen molar-refractivity contribution in [2.45, 2.75) is 24.0 Å². The minimum atomic E-state index is -3.96. The van der Waals surface area contributed by atoms with E-state index in [2.05, 4.69) is 10.0 Å². The molecule has 0 aliphatic rings. The number of rotatable bonds is 14. The first-order chi connectivity index (χ1) is 23.2. The summed E-state index contributed by atoms with van der Waals surface area (Å²) in [5, 5.41) is 2.97. The highest BCUT2D eigenvalue weighted by molar-refractivity contribution is 7.92. The van der Waals surface area contributed by atoms with Crippen LogP contribution in [0.4, 0.5) is 10.1 Å². The molecule has 0 aliphatic carbocycles. The molecule has 5 rings (SSSR count). The quantitative estimate of drug-likeness (QED) is 0.148. The number of nitrogens with zero attached hydrogens (tertiary/aromatic N) is 1. The fourth-order valence-corrected chi connectivity index (χ4v) is 6.07. The Morgan fingerprint density at radius 2 is 1.42 bits per heavy atom. The van der Waals surface area contributed by atoms with Crippen LogP contribution in [0.1, 0.15) is 22.7 Å². The monoisotopic (exact) mass is 667 g/mol. The van der Waals surface area contributed by atoms with Crippen molar-refractivity contribution in [3.63, 3.8) is 0 Å². The number of anilines is 1. The predicted octanol–water partition coefficient (Wildman–Crippen LogP) is 6.10. The summed E-state index contributed by atoms with van der Waals surface area (Å²) in [6, 6.07) is 35.2. The number of benzene rings is 5. The number of amides is 2. The van der Waals surface area contributed by atoms with Crippen molar-refractivity contribution in [2.75, 3.05) is 18.4 Å². The lowest BCUT2D eigenvalue weighted by molar-refractivity contribution is -0.143. The van der Waals surface area contributed by atoms with E-state index < -0.39 is 34.4 Å². The Hall–Kier alpha value is -5.68. The molecule has 0 heterocycles. The van der Waals surface area contributed by atoms with Crippen LogP contribution in [0.2, 0.25) is 0 Å². The SMILES string of the molecule is COc1ccccc1CNC(=O)C(c1ccccc1)N(Cc1ccccc1)C(=O)COc1ccc(S(=O)(=O)Nc2ccc(F)cc2)cc1. The Balaban J connectivity index is 1.35. The number of para-hydroxylation sites is 1. The van der Waals surface area contributed by atoms with Crippen LogP contribution in [-0.2, 0) is 32.7 Å². The van der Waals surface area contributed by atoms with Crippen molar-refractivity contribution >= 4 is 27.5 Å². The molecule has 0 radical (unpaired) electrons. The van der Waals surface area contributed by atoms with Crippen molar-refractivity contribution in [3.8, 4) is 11.5 Å². The highest BCUT2D eigenvalue weighted by Gasteiger charge is 2.32. The lowest BCUT2D eigenvalue weighted by Gasteiger charge is -2.31. The zero-order valence-corrected chi connectivity index (χ0v) is 26.9. The molecular weight excluding hydrogens is 633 g/mol. The van der Waals surface area contributed by atoms with Crippen molar-refractivity contribution in [3.05, 3.63) is 156 Å². The van der Waals surface area contributed by atoms with Gasteiger partial charge in [0, 0.05) is 24.3 Å². The van der Waals surface area contributed by atoms with E-state index >= 15 is 0 Å². The molecule has 0 bridgehead atoms. The lowest BCUT2D eigenvalue weighted by Crippen LogP contribution is -2.45. The van der Waals surface area contributed by atoms with Gasteiger partial charge in [0.15, 0.2) is 6.61 Å². The lowest BCUT2D eigenvalue weighted by atomic mass is 10.0. The van der Waals surface area contributed by atoms with Gasteiger partial charge in [0.1, 0.15) is 23.4 Å². The smallest absolute Gasteiger partial charge is 0.261 e. The minimum absolute atomic E-state index is 0.0490. The molecule has 0 spiro atoms. The first-order valence-corrected chi connectivity index (χ1v) is 16.5. The van der Waals surface area contributed by atoms with Crippen molar-refractivity contribution < 1.29 is 31.9 Å². The topological polar surface area (TPSA) is 114 Å². The number of nitrogens with one attached hydrogen (secondary N) is 2. The van der Waals surface area contributed by atoms with Gasteiger partial charge < -0.3 is 19.7 Å². The van der Waals surface area contributed by atoms with Gasteiger partial charge in [0.25, 0.3) is 15.9 Å². The van der Waals surface area contributed by atoms with Gasteiger partial charge in [0.2, 0.25) is 5.91 Å². The average Bonchev–Trinajstić information content (AvgIpc) is 3.11. The normalized spacial score (nSPS) is 11.6. The summed E-state index contributed by atoms with van der Waals surface area (Å²) < 4.78 is 52.5. The zero-order chi connectivity index (χ0) is 33.9. The van der Waals surface area contributed by atoms with Crippen molar-refractivity contribution in [1.29, 1.82) is 0 Å². The highest BCUT2D eigenvalue weighted by Crippen LogP contribution is 2.26. The van der Waals surface area contributed by atoms with Crippen LogP contribution < -0.4 is 19.5 Å². The van der Waals surface area contributed by atoms with E-state index in [1.807, 2.05) is 60.7 Å². The summed E-state index contributed by atoms with van der Waals surface area (Å²) in [5.41, 5.74) is 2.42. The molecular formula is C37H34FN3O6S.